The van der Waals surface area contributed by atoms with Crippen molar-refractivity contribution in [2.75, 3.05) is 5.32 Å². The van der Waals surface area contributed by atoms with Crippen LogP contribution in [0.15, 0.2) is 108 Å². The zero-order valence-corrected chi connectivity index (χ0v) is 18.6. The molecule has 4 aromatic rings. The Morgan fingerprint density at radius 2 is 1.62 bits per heavy atom. The van der Waals surface area contributed by atoms with Crippen LogP contribution in [0.5, 0.6) is 0 Å². The molecular weight excluding hydrogens is 440 g/mol. The smallest absolute Gasteiger partial charge is 0.255 e. The highest BCUT2D eigenvalue weighted by molar-refractivity contribution is 7.94. The van der Waals surface area contributed by atoms with Gasteiger partial charge in [-0.05, 0) is 41.0 Å². The van der Waals surface area contributed by atoms with Gasteiger partial charge >= 0.3 is 0 Å². The molecule has 0 saturated heterocycles. The number of nitrogens with one attached hydrogen (secondary N) is 1. The summed E-state index contributed by atoms with van der Waals surface area (Å²) in [5.74, 6) is -0.289. The van der Waals surface area contributed by atoms with Gasteiger partial charge in [0, 0.05) is 33.4 Å². The van der Waals surface area contributed by atoms with E-state index < -0.39 is 11.2 Å². The Morgan fingerprint density at radius 3 is 2.28 bits per heavy atom. The molecule has 158 valence electrons. The van der Waals surface area contributed by atoms with Crippen LogP contribution in [0.3, 0.4) is 0 Å². The summed E-state index contributed by atoms with van der Waals surface area (Å²) < 4.78 is 11.7. The molecule has 4 rings (SSSR count). The fourth-order valence-electron chi connectivity index (χ4n) is 3.22. The van der Waals surface area contributed by atoms with Crippen molar-refractivity contribution in [1.29, 1.82) is 0 Å². The molecule has 0 saturated carbocycles. The van der Waals surface area contributed by atoms with Gasteiger partial charge in [-0.15, -0.1) is 0 Å². The summed E-state index contributed by atoms with van der Waals surface area (Å²) in [6, 6.07) is 26.6. The van der Waals surface area contributed by atoms with E-state index in [2.05, 4.69) is 29.0 Å². The molecule has 0 aliphatic heterocycles. The number of amides is 1. The fraction of sp³-hybridized carbons (Fsp3) is 0. The van der Waals surface area contributed by atoms with Gasteiger partial charge in [0.15, 0.2) is 0 Å². The van der Waals surface area contributed by atoms with Crippen LogP contribution in [0.4, 0.5) is 5.69 Å². The summed E-state index contributed by atoms with van der Waals surface area (Å²) in [7, 11) is 0. The predicted octanol–water partition coefficient (Wildman–Crippen LogP) is 6.57. The molecule has 1 atom stereocenters. The average Bonchev–Trinajstić information content (AvgIpc) is 2.85. The number of carbonyl (C=O) groups is 1. The van der Waals surface area contributed by atoms with Gasteiger partial charge in [-0.25, -0.2) is 4.98 Å². The molecule has 0 radical (unpaired) electrons. The maximum Gasteiger partial charge on any atom is 0.255 e. The molecule has 3 aromatic carbocycles. The van der Waals surface area contributed by atoms with E-state index in [-0.39, 0.29) is 5.91 Å². The van der Waals surface area contributed by atoms with Crippen LogP contribution >= 0.6 is 11.6 Å². The van der Waals surface area contributed by atoms with Crippen molar-refractivity contribution in [1.82, 2.24) is 4.98 Å². The molecule has 1 heterocycles. The van der Waals surface area contributed by atoms with Gasteiger partial charge in [-0.3, -0.25) is 4.79 Å². The molecule has 1 amide bonds. The third kappa shape index (κ3) is 4.92. The Labute approximate surface area is 194 Å². The van der Waals surface area contributed by atoms with Crippen LogP contribution in [0.1, 0.15) is 10.4 Å². The first-order valence-electron chi connectivity index (χ1n) is 9.81. The van der Waals surface area contributed by atoms with Gasteiger partial charge in [0.05, 0.1) is 11.9 Å². The Balaban J connectivity index is 1.54. The largest absolute Gasteiger partial charge is 0.606 e. The molecule has 0 aliphatic rings. The molecule has 0 fully saturated rings. The Hall–Kier alpha value is -3.38. The topological polar surface area (TPSA) is 65.0 Å². The highest BCUT2D eigenvalue weighted by Crippen LogP contribution is 2.31. The molecule has 1 aromatic heterocycles. The Bertz CT molecular complexity index is 1240. The van der Waals surface area contributed by atoms with Crippen LogP contribution < -0.4 is 5.32 Å². The second-order valence-corrected chi connectivity index (χ2v) is 8.69. The molecule has 4 nitrogen and oxygen atoms in total. The van der Waals surface area contributed by atoms with Crippen molar-refractivity contribution in [3.63, 3.8) is 0 Å². The minimum absolute atomic E-state index is 0.289. The first kappa shape index (κ1) is 21.8. The first-order chi connectivity index (χ1) is 15.5. The van der Waals surface area contributed by atoms with E-state index in [1.807, 2.05) is 42.5 Å². The fourth-order valence-corrected chi connectivity index (χ4v) is 3.98. The number of pyridine rings is 1. The first-order valence-corrected chi connectivity index (χ1v) is 11.4. The van der Waals surface area contributed by atoms with Gasteiger partial charge in [0.25, 0.3) is 5.91 Å². The maximum absolute atomic E-state index is 12.8. The van der Waals surface area contributed by atoms with E-state index >= 15 is 0 Å². The lowest BCUT2D eigenvalue weighted by atomic mass is 9.99. The third-order valence-corrected chi connectivity index (χ3v) is 6.17. The summed E-state index contributed by atoms with van der Waals surface area (Å²) >= 11 is 5.07. The van der Waals surface area contributed by atoms with Gasteiger partial charge in [0.2, 0.25) is 5.03 Å². The lowest BCUT2D eigenvalue weighted by Gasteiger charge is -2.10. The third-order valence-electron chi connectivity index (χ3n) is 4.88. The molecule has 1 N–H and O–H groups in total. The second kappa shape index (κ2) is 9.83. The molecular formula is C26H19ClN2O2S. The Kier molecular flexibility index (Phi) is 6.71. The van der Waals surface area contributed by atoms with Gasteiger partial charge in [0.1, 0.15) is 5.41 Å². The van der Waals surface area contributed by atoms with Crippen molar-refractivity contribution in [3.8, 4) is 22.3 Å². The number of rotatable bonds is 6. The van der Waals surface area contributed by atoms with Gasteiger partial charge in [-0.1, -0.05) is 72.8 Å². The van der Waals surface area contributed by atoms with Crippen LogP contribution in [0, 0.1) is 0 Å². The number of benzene rings is 3. The summed E-state index contributed by atoms with van der Waals surface area (Å²) in [4.78, 5) is 16.9. The minimum atomic E-state index is -1.36. The molecule has 0 bridgehead atoms. The van der Waals surface area contributed by atoms with Gasteiger partial charge in [-0.2, -0.15) is 0 Å². The van der Waals surface area contributed by atoms with Crippen LogP contribution in [-0.4, -0.2) is 15.4 Å². The monoisotopic (exact) mass is 458 g/mol. The quantitative estimate of drug-likeness (QED) is 0.332. The second-order valence-electron chi connectivity index (χ2n) is 6.94. The number of aromatic nitrogens is 1. The summed E-state index contributed by atoms with van der Waals surface area (Å²) in [5.41, 5.74) is 4.90. The number of halogens is 1. The van der Waals surface area contributed by atoms with Crippen molar-refractivity contribution in [2.45, 2.75) is 5.03 Å². The standard InChI is InChI=1S/C26H19ClN2O2S/c1-2-32(31)25-15-13-22(17-28-25)29-26(30)21-12-14-24(27)23(16-21)20-10-8-19(9-11-20)18-6-4-3-5-7-18/h2-17H,1H2,(H,29,30). The van der Waals surface area contributed by atoms with Crippen LogP contribution in [0.25, 0.3) is 22.3 Å². The number of carbonyl (C=O) groups excluding carboxylic acids is 1. The number of hydrogen-bond acceptors (Lipinski definition) is 3. The Morgan fingerprint density at radius 1 is 0.938 bits per heavy atom. The van der Waals surface area contributed by atoms with E-state index in [1.54, 1.807) is 30.3 Å². The molecule has 0 spiro atoms. The normalized spacial score (nSPS) is 11.6. The van der Waals surface area contributed by atoms with Crippen molar-refractivity contribution < 1.29 is 9.35 Å². The lowest BCUT2D eigenvalue weighted by molar-refractivity contribution is 0.102. The predicted molar refractivity (Wildman–Crippen MR) is 131 cm³/mol. The number of hydrogen-bond donors (Lipinski definition) is 1. The lowest BCUT2D eigenvalue weighted by Crippen LogP contribution is -2.12. The zero-order chi connectivity index (χ0) is 22.5. The highest BCUT2D eigenvalue weighted by atomic mass is 35.5. The van der Waals surface area contributed by atoms with Crippen molar-refractivity contribution >= 4 is 34.4 Å². The molecule has 1 unspecified atom stereocenters. The number of nitrogens with zero attached hydrogens (tertiary/aromatic N) is 1. The average molecular weight is 459 g/mol. The van der Waals surface area contributed by atoms with E-state index in [1.165, 1.54) is 11.6 Å². The summed E-state index contributed by atoms with van der Waals surface area (Å²) in [6.07, 6.45) is 1.47. The van der Waals surface area contributed by atoms with Crippen molar-refractivity contribution in [2.24, 2.45) is 0 Å². The number of anilines is 1. The van der Waals surface area contributed by atoms with E-state index in [4.69, 9.17) is 11.6 Å². The van der Waals surface area contributed by atoms with Gasteiger partial charge < -0.3 is 9.87 Å². The van der Waals surface area contributed by atoms with Crippen LogP contribution in [0.2, 0.25) is 5.02 Å². The molecule has 32 heavy (non-hydrogen) atoms. The van der Waals surface area contributed by atoms with E-state index in [0.29, 0.717) is 21.3 Å². The van der Waals surface area contributed by atoms with E-state index in [0.717, 1.165) is 22.3 Å². The summed E-state index contributed by atoms with van der Waals surface area (Å²) in [6.45, 7) is 3.49. The molecule has 0 aliphatic carbocycles. The van der Waals surface area contributed by atoms with Crippen LogP contribution in [-0.2, 0) is 11.2 Å². The zero-order valence-electron chi connectivity index (χ0n) is 17.0. The summed E-state index contributed by atoms with van der Waals surface area (Å²) in [5, 5.41) is 5.05. The van der Waals surface area contributed by atoms with Crippen molar-refractivity contribution in [3.05, 3.63) is 114 Å². The molecule has 6 heteroatoms. The maximum atomic E-state index is 12.8. The van der Waals surface area contributed by atoms with E-state index in [9.17, 15) is 9.35 Å². The SMILES string of the molecule is C=C[S+]([O-])c1ccc(NC(=O)c2ccc(Cl)c(-c3ccc(-c4ccccc4)cc3)c2)cn1. The highest BCUT2D eigenvalue weighted by Gasteiger charge is 2.13. The minimum Gasteiger partial charge on any atom is -0.606 e.